The summed E-state index contributed by atoms with van der Waals surface area (Å²) in [6.45, 7) is -0.160. The molecule has 1 amide bonds. The van der Waals surface area contributed by atoms with Gasteiger partial charge >= 0.3 is 0 Å². The normalized spacial score (nSPS) is 12.4. The molecule has 9 nitrogen and oxygen atoms in total. The molecule has 0 saturated carbocycles. The Labute approximate surface area is 212 Å². The molecule has 0 aliphatic heterocycles. The Balaban J connectivity index is 1.68. The highest BCUT2D eigenvalue weighted by atomic mass is 32.2. The molecule has 36 heavy (non-hydrogen) atoms. The molecular weight excluding hydrogens is 498 g/mol. The summed E-state index contributed by atoms with van der Waals surface area (Å²) in [5, 5.41) is 19.7. The lowest BCUT2D eigenvalue weighted by Gasteiger charge is -2.18. The van der Waals surface area contributed by atoms with Crippen molar-refractivity contribution in [3.05, 3.63) is 94.5 Å². The molecule has 0 bridgehead atoms. The minimum Gasteiger partial charge on any atom is -0.395 e. The van der Waals surface area contributed by atoms with Crippen LogP contribution in [0.15, 0.2) is 77.7 Å². The van der Waals surface area contributed by atoms with E-state index >= 15 is 0 Å². The maximum Gasteiger partial charge on any atom is 0.251 e. The number of rotatable bonds is 10. The zero-order chi connectivity index (χ0) is 25.7. The van der Waals surface area contributed by atoms with E-state index in [0.717, 1.165) is 15.8 Å². The molecule has 11 heteroatoms. The van der Waals surface area contributed by atoms with Gasteiger partial charge in [-0.2, -0.15) is 0 Å². The van der Waals surface area contributed by atoms with Crippen molar-refractivity contribution in [2.75, 3.05) is 13.2 Å². The third-order valence-electron chi connectivity index (χ3n) is 5.39. The molecule has 0 spiro atoms. The van der Waals surface area contributed by atoms with Crippen LogP contribution < -0.4 is 15.8 Å². The van der Waals surface area contributed by atoms with E-state index < -0.39 is 22.0 Å². The van der Waals surface area contributed by atoms with Gasteiger partial charge in [-0.1, -0.05) is 36.4 Å². The molecule has 1 heterocycles. The fraction of sp³-hybridized carbons (Fsp3) is 0.160. The van der Waals surface area contributed by atoms with Crippen LogP contribution in [0.4, 0.5) is 0 Å². The number of sulfonamides is 1. The summed E-state index contributed by atoms with van der Waals surface area (Å²) in [4.78, 5) is 16.9. The summed E-state index contributed by atoms with van der Waals surface area (Å²) in [7, 11) is -4.05. The number of thiazole rings is 1. The summed E-state index contributed by atoms with van der Waals surface area (Å²) in [5.74, 6) is -0.560. The fourth-order valence-corrected chi connectivity index (χ4v) is 5.99. The average Bonchev–Trinajstić information content (AvgIpc) is 3.31. The lowest BCUT2D eigenvalue weighted by molar-refractivity contribution is 0.0944. The van der Waals surface area contributed by atoms with E-state index in [1.54, 1.807) is 18.2 Å². The van der Waals surface area contributed by atoms with Gasteiger partial charge in [0.2, 0.25) is 10.0 Å². The van der Waals surface area contributed by atoms with Crippen LogP contribution in [0, 0.1) is 5.41 Å². The third-order valence-corrected chi connectivity index (χ3v) is 8.01. The van der Waals surface area contributed by atoms with Crippen LogP contribution in [-0.4, -0.2) is 43.4 Å². The molecule has 0 saturated heterocycles. The van der Waals surface area contributed by atoms with Crippen molar-refractivity contribution in [3.8, 4) is 0 Å². The summed E-state index contributed by atoms with van der Waals surface area (Å²) in [6, 6.07) is 19.6. The van der Waals surface area contributed by atoms with Gasteiger partial charge in [-0.3, -0.25) is 10.2 Å². The van der Waals surface area contributed by atoms with Crippen molar-refractivity contribution in [2.45, 2.75) is 17.4 Å². The Bertz CT molecular complexity index is 1480. The van der Waals surface area contributed by atoms with E-state index in [0.29, 0.717) is 10.6 Å². The van der Waals surface area contributed by atoms with Crippen LogP contribution in [-0.2, 0) is 16.4 Å². The second-order valence-corrected chi connectivity index (χ2v) is 10.8. The Morgan fingerprint density at radius 3 is 2.56 bits per heavy atom. The first-order valence-electron chi connectivity index (χ1n) is 11.1. The van der Waals surface area contributed by atoms with Crippen LogP contribution in [0.1, 0.15) is 32.5 Å². The van der Waals surface area contributed by atoms with Gasteiger partial charge < -0.3 is 16.2 Å². The van der Waals surface area contributed by atoms with Crippen LogP contribution in [0.3, 0.4) is 0 Å². The molecule has 0 fully saturated rings. The minimum atomic E-state index is -4.05. The summed E-state index contributed by atoms with van der Waals surface area (Å²) in [5.41, 5.74) is 7.89. The Morgan fingerprint density at radius 2 is 1.81 bits per heavy atom. The van der Waals surface area contributed by atoms with E-state index in [1.165, 1.54) is 35.6 Å². The number of amidine groups is 1. The number of carbonyl (C=O) groups excluding carboxylic acids is 1. The number of benzene rings is 3. The van der Waals surface area contributed by atoms with Crippen molar-refractivity contribution in [2.24, 2.45) is 5.73 Å². The van der Waals surface area contributed by atoms with Gasteiger partial charge in [-0.15, -0.1) is 11.3 Å². The van der Waals surface area contributed by atoms with E-state index in [1.807, 2.05) is 30.3 Å². The molecule has 1 aromatic heterocycles. The van der Waals surface area contributed by atoms with Gasteiger partial charge in [-0.25, -0.2) is 18.1 Å². The lowest BCUT2D eigenvalue weighted by Crippen LogP contribution is -2.31. The predicted molar refractivity (Wildman–Crippen MR) is 140 cm³/mol. The topological polar surface area (TPSA) is 158 Å². The summed E-state index contributed by atoms with van der Waals surface area (Å²) in [6.07, 6.45) is 0.275. The van der Waals surface area contributed by atoms with E-state index in [-0.39, 0.29) is 35.9 Å². The number of nitrogens with zero attached hydrogens (tertiary/aromatic N) is 1. The highest BCUT2D eigenvalue weighted by Gasteiger charge is 2.25. The number of aromatic nitrogens is 1. The number of nitrogens with two attached hydrogens (primary N) is 1. The van der Waals surface area contributed by atoms with Gasteiger partial charge in [-0.05, 0) is 48.4 Å². The van der Waals surface area contributed by atoms with Gasteiger partial charge in [0.05, 0.1) is 27.8 Å². The second-order valence-electron chi connectivity index (χ2n) is 8.02. The van der Waals surface area contributed by atoms with E-state index in [2.05, 4.69) is 15.0 Å². The number of amides is 1. The number of nitrogens with one attached hydrogen (secondary N) is 3. The molecule has 3 aromatic carbocycles. The van der Waals surface area contributed by atoms with Gasteiger partial charge in [0.25, 0.3) is 5.91 Å². The quantitative estimate of drug-likeness (QED) is 0.159. The van der Waals surface area contributed by atoms with Crippen molar-refractivity contribution < 1.29 is 18.3 Å². The number of fused-ring (bicyclic) bond motifs is 1. The lowest BCUT2D eigenvalue weighted by atomic mass is 10.0. The molecule has 0 aliphatic rings. The summed E-state index contributed by atoms with van der Waals surface area (Å²) < 4.78 is 30.5. The number of aliphatic hydroxyl groups excluding tert-OH is 1. The van der Waals surface area contributed by atoms with Crippen LogP contribution in [0.5, 0.6) is 0 Å². The van der Waals surface area contributed by atoms with Crippen molar-refractivity contribution in [3.63, 3.8) is 0 Å². The van der Waals surface area contributed by atoms with Crippen LogP contribution >= 0.6 is 11.3 Å². The van der Waals surface area contributed by atoms with Crippen molar-refractivity contribution >= 4 is 43.3 Å². The number of carbonyl (C=O) groups is 1. The minimum absolute atomic E-state index is 0.0626. The Morgan fingerprint density at radius 1 is 1.06 bits per heavy atom. The second kappa shape index (κ2) is 11.0. The molecule has 186 valence electrons. The molecule has 6 N–H and O–H groups in total. The number of hydrogen-bond acceptors (Lipinski definition) is 7. The van der Waals surface area contributed by atoms with Crippen molar-refractivity contribution in [1.29, 1.82) is 5.41 Å². The Kier molecular flexibility index (Phi) is 7.75. The van der Waals surface area contributed by atoms with E-state index in [4.69, 9.17) is 16.2 Å². The maximum atomic E-state index is 13.4. The molecule has 4 aromatic rings. The Hall–Kier alpha value is -3.64. The standard InChI is InChI=1S/C25H25N5O4S2/c26-23(27)17-6-3-5-16(13-17)14-21(25-29-20-9-1-2-10-22(20)35-25)30-36(33,34)19-8-4-7-18(15-19)24(32)28-11-12-31/h1-10,13,15,21,30-31H,11-12,14H2,(H3,26,27)(H,28,32)/t21-/m0/s1. The maximum absolute atomic E-state index is 13.4. The van der Waals surface area contributed by atoms with Gasteiger partial charge in [0.15, 0.2) is 0 Å². The third kappa shape index (κ3) is 5.94. The molecule has 4 rings (SSSR count). The monoisotopic (exact) mass is 523 g/mol. The van der Waals surface area contributed by atoms with Crippen LogP contribution in [0.25, 0.3) is 10.2 Å². The SMILES string of the molecule is N=C(N)c1cccc(C[C@H](NS(=O)(=O)c2cccc(C(=O)NCCO)c2)c2nc3ccccc3s2)c1. The zero-order valence-corrected chi connectivity index (χ0v) is 20.8. The molecule has 0 aliphatic carbocycles. The number of hydrogen-bond donors (Lipinski definition) is 5. The zero-order valence-electron chi connectivity index (χ0n) is 19.1. The molecular formula is C25H25N5O4S2. The first-order valence-corrected chi connectivity index (χ1v) is 13.4. The highest BCUT2D eigenvalue weighted by molar-refractivity contribution is 7.89. The number of aliphatic hydroxyl groups is 1. The van der Waals surface area contributed by atoms with Crippen LogP contribution in [0.2, 0.25) is 0 Å². The first-order chi connectivity index (χ1) is 17.3. The van der Waals surface area contributed by atoms with Gasteiger partial charge in [0, 0.05) is 17.7 Å². The van der Waals surface area contributed by atoms with Crippen molar-refractivity contribution in [1.82, 2.24) is 15.0 Å². The highest BCUT2D eigenvalue weighted by Crippen LogP contribution is 2.30. The molecule has 0 unspecified atom stereocenters. The molecule has 1 atom stereocenters. The first kappa shape index (κ1) is 25.5. The predicted octanol–water partition coefficient (Wildman–Crippen LogP) is 2.56. The smallest absolute Gasteiger partial charge is 0.251 e. The number of nitrogen functional groups attached to an aromatic ring is 1. The van der Waals surface area contributed by atoms with Gasteiger partial charge in [0.1, 0.15) is 10.8 Å². The largest absolute Gasteiger partial charge is 0.395 e. The fourth-order valence-electron chi connectivity index (χ4n) is 3.65. The molecule has 0 radical (unpaired) electrons. The van der Waals surface area contributed by atoms with E-state index in [9.17, 15) is 13.2 Å². The summed E-state index contributed by atoms with van der Waals surface area (Å²) >= 11 is 1.40. The average molecular weight is 524 g/mol. The number of para-hydroxylation sites is 1.